The van der Waals surface area contributed by atoms with E-state index in [9.17, 15) is 5.11 Å². The van der Waals surface area contributed by atoms with Crippen molar-refractivity contribution >= 4 is 22.4 Å². The molecular formula is C21H17ClO3. The molecule has 1 aliphatic rings. The van der Waals surface area contributed by atoms with Crippen molar-refractivity contribution in [3.05, 3.63) is 78.4 Å². The van der Waals surface area contributed by atoms with Gasteiger partial charge in [0.25, 0.3) is 0 Å². The molecule has 0 fully saturated rings. The zero-order valence-electron chi connectivity index (χ0n) is 13.5. The number of aromatic hydroxyl groups is 1. The predicted molar refractivity (Wildman–Crippen MR) is 99.8 cm³/mol. The highest BCUT2D eigenvalue weighted by atomic mass is 35.5. The zero-order chi connectivity index (χ0) is 17.4. The molecule has 0 amide bonds. The molecule has 0 bridgehead atoms. The molecule has 0 spiro atoms. The lowest BCUT2D eigenvalue weighted by Crippen LogP contribution is -2.20. The monoisotopic (exact) mass is 352 g/mol. The Kier molecular flexibility index (Phi) is 4.12. The first-order valence-corrected chi connectivity index (χ1v) is 8.61. The summed E-state index contributed by atoms with van der Waals surface area (Å²) in [5.74, 6) is 1.73. The molecule has 0 aromatic heterocycles. The van der Waals surface area contributed by atoms with Crippen LogP contribution in [0.2, 0.25) is 0 Å². The van der Waals surface area contributed by atoms with Crippen LogP contribution in [0.15, 0.2) is 67.3 Å². The summed E-state index contributed by atoms with van der Waals surface area (Å²) in [6.45, 7) is 3.79. The van der Waals surface area contributed by atoms with Crippen LogP contribution < -0.4 is 4.74 Å². The van der Waals surface area contributed by atoms with Gasteiger partial charge >= 0.3 is 0 Å². The van der Waals surface area contributed by atoms with Crippen molar-refractivity contribution in [2.45, 2.75) is 12.2 Å². The Morgan fingerprint density at radius 3 is 2.68 bits per heavy atom. The highest BCUT2D eigenvalue weighted by Crippen LogP contribution is 2.50. The molecule has 1 aliphatic heterocycles. The van der Waals surface area contributed by atoms with E-state index in [2.05, 4.69) is 6.58 Å². The van der Waals surface area contributed by atoms with Crippen LogP contribution >= 0.6 is 11.6 Å². The molecule has 3 aromatic carbocycles. The van der Waals surface area contributed by atoms with E-state index in [-0.39, 0.29) is 17.7 Å². The Bertz CT molecular complexity index is 951. The van der Waals surface area contributed by atoms with Gasteiger partial charge < -0.3 is 14.6 Å². The summed E-state index contributed by atoms with van der Waals surface area (Å²) < 4.78 is 12.3. The molecule has 0 saturated carbocycles. The largest absolute Gasteiger partial charge is 0.507 e. The molecule has 2 atom stereocenters. The molecule has 1 heterocycles. The maximum absolute atomic E-state index is 10.5. The maximum Gasteiger partial charge on any atom is 0.137 e. The topological polar surface area (TPSA) is 38.7 Å². The third-order valence-electron chi connectivity index (χ3n) is 4.44. The molecule has 25 heavy (non-hydrogen) atoms. The molecule has 0 radical (unpaired) electrons. The molecule has 4 heteroatoms. The highest BCUT2D eigenvalue weighted by molar-refractivity contribution is 6.18. The van der Waals surface area contributed by atoms with Gasteiger partial charge in [-0.2, -0.15) is 0 Å². The minimum Gasteiger partial charge on any atom is -0.507 e. The Balaban J connectivity index is 1.97. The fourth-order valence-electron chi connectivity index (χ4n) is 3.25. The van der Waals surface area contributed by atoms with Gasteiger partial charge in [0, 0.05) is 5.56 Å². The van der Waals surface area contributed by atoms with Crippen molar-refractivity contribution in [2.24, 2.45) is 0 Å². The van der Waals surface area contributed by atoms with Gasteiger partial charge in [-0.05, 0) is 29.0 Å². The van der Waals surface area contributed by atoms with E-state index in [1.165, 1.54) is 0 Å². The summed E-state index contributed by atoms with van der Waals surface area (Å²) in [4.78, 5) is 0. The van der Waals surface area contributed by atoms with E-state index >= 15 is 0 Å². The van der Waals surface area contributed by atoms with Crippen LogP contribution in [0.4, 0.5) is 0 Å². The lowest BCUT2D eigenvalue weighted by Gasteiger charge is -2.31. The molecule has 3 aromatic rings. The van der Waals surface area contributed by atoms with E-state index < -0.39 is 6.10 Å². The number of ether oxygens (including phenoxy) is 2. The predicted octanol–water partition coefficient (Wildman–Crippen LogP) is 5.55. The van der Waals surface area contributed by atoms with Crippen LogP contribution in [0.25, 0.3) is 10.8 Å². The molecule has 1 N–H and O–H groups in total. The van der Waals surface area contributed by atoms with E-state index in [1.807, 2.05) is 42.5 Å². The molecule has 3 nitrogen and oxygen atoms in total. The van der Waals surface area contributed by atoms with Gasteiger partial charge in [0.1, 0.15) is 23.4 Å². The first-order valence-electron chi connectivity index (χ1n) is 8.08. The average Bonchev–Trinajstić information content (AvgIpc) is 2.65. The first-order chi connectivity index (χ1) is 12.2. The van der Waals surface area contributed by atoms with E-state index in [4.69, 9.17) is 21.1 Å². The van der Waals surface area contributed by atoms with Crippen LogP contribution in [0, 0.1) is 0 Å². The Morgan fingerprint density at radius 1 is 1.08 bits per heavy atom. The number of hydrogen-bond acceptors (Lipinski definition) is 3. The third-order valence-corrected chi connectivity index (χ3v) is 4.75. The van der Waals surface area contributed by atoms with Crippen LogP contribution in [-0.2, 0) is 4.74 Å². The van der Waals surface area contributed by atoms with Crippen molar-refractivity contribution < 1.29 is 14.6 Å². The minimum atomic E-state index is -0.493. The van der Waals surface area contributed by atoms with E-state index in [0.29, 0.717) is 11.3 Å². The lowest BCUT2D eigenvalue weighted by molar-refractivity contribution is 0.0425. The summed E-state index contributed by atoms with van der Waals surface area (Å²) >= 11 is 6.01. The zero-order valence-corrected chi connectivity index (χ0v) is 14.2. The molecule has 2 unspecified atom stereocenters. The minimum absolute atomic E-state index is 0.137. The smallest absolute Gasteiger partial charge is 0.137 e. The summed E-state index contributed by atoms with van der Waals surface area (Å²) in [5.41, 5.74) is 1.51. The van der Waals surface area contributed by atoms with Crippen LogP contribution in [0.3, 0.4) is 0 Å². The maximum atomic E-state index is 10.5. The van der Waals surface area contributed by atoms with Crippen LogP contribution in [-0.4, -0.2) is 17.1 Å². The lowest BCUT2D eigenvalue weighted by atomic mass is 9.91. The Hall–Kier alpha value is -2.49. The second-order valence-electron chi connectivity index (χ2n) is 5.93. The molecular weight excluding hydrogens is 336 g/mol. The van der Waals surface area contributed by atoms with Crippen molar-refractivity contribution in [3.63, 3.8) is 0 Å². The van der Waals surface area contributed by atoms with Gasteiger partial charge in [-0.1, -0.05) is 42.5 Å². The second-order valence-corrected chi connectivity index (χ2v) is 6.24. The number of benzene rings is 3. The Morgan fingerprint density at radius 2 is 1.88 bits per heavy atom. The number of alkyl halides is 1. The fourth-order valence-corrected chi connectivity index (χ4v) is 3.45. The van der Waals surface area contributed by atoms with Crippen molar-refractivity contribution in [1.82, 2.24) is 0 Å². The van der Waals surface area contributed by atoms with Crippen molar-refractivity contribution in [1.29, 1.82) is 0 Å². The highest BCUT2D eigenvalue weighted by Gasteiger charge is 2.33. The van der Waals surface area contributed by atoms with Crippen LogP contribution in [0.1, 0.15) is 17.2 Å². The second kappa shape index (κ2) is 6.43. The molecule has 0 saturated heterocycles. The van der Waals surface area contributed by atoms with Gasteiger partial charge in [0.15, 0.2) is 0 Å². The number of halogens is 1. The van der Waals surface area contributed by atoms with Gasteiger partial charge in [-0.25, -0.2) is 0 Å². The van der Waals surface area contributed by atoms with Gasteiger partial charge in [0.2, 0.25) is 0 Å². The number of rotatable bonds is 4. The molecule has 126 valence electrons. The fraction of sp³-hybridized carbons (Fsp3) is 0.143. The first kappa shape index (κ1) is 16.0. The number of phenolic OH excluding ortho intramolecular Hbond substituents is 1. The van der Waals surface area contributed by atoms with E-state index in [0.717, 1.165) is 22.1 Å². The molecule has 4 rings (SSSR count). The third kappa shape index (κ3) is 2.66. The summed E-state index contributed by atoms with van der Waals surface area (Å²) in [7, 11) is 0. The van der Waals surface area contributed by atoms with Crippen LogP contribution in [0.5, 0.6) is 17.2 Å². The van der Waals surface area contributed by atoms with Gasteiger partial charge in [-0.15, -0.1) is 18.2 Å². The number of phenols is 1. The van der Waals surface area contributed by atoms with E-state index in [1.54, 1.807) is 18.2 Å². The standard InChI is InChI=1S/C21H17ClO3/c1-2-14(12-22)24-21-19-15-7-4-3-6-13(15)10-11-18(19)25-17-9-5-8-16(23)20(17)21/h2-11,14,21,23H,1,12H2. The Labute approximate surface area is 151 Å². The normalized spacial score (nSPS) is 16.6. The van der Waals surface area contributed by atoms with Gasteiger partial charge in [0.05, 0.1) is 17.5 Å². The number of fused-ring (bicyclic) bond motifs is 4. The summed E-state index contributed by atoms with van der Waals surface area (Å²) in [6, 6.07) is 17.2. The molecule has 0 aliphatic carbocycles. The summed E-state index contributed by atoms with van der Waals surface area (Å²) in [5, 5.41) is 12.6. The SMILES string of the molecule is C=CC(CCl)OC1c2c(O)cccc2Oc2ccc3ccccc3c21. The average molecular weight is 353 g/mol. The number of hydrogen-bond donors (Lipinski definition) is 1. The van der Waals surface area contributed by atoms with Gasteiger partial charge in [-0.3, -0.25) is 0 Å². The quantitative estimate of drug-likeness (QED) is 0.494. The van der Waals surface area contributed by atoms with Crippen molar-refractivity contribution in [3.8, 4) is 17.2 Å². The summed E-state index contributed by atoms with van der Waals surface area (Å²) in [6.07, 6.45) is 0.837. The van der Waals surface area contributed by atoms with Crippen molar-refractivity contribution in [2.75, 3.05) is 5.88 Å².